The Balaban J connectivity index is 1.33. The molecule has 0 aliphatic heterocycles. The molecule has 0 unspecified atom stereocenters. The number of furan rings is 1. The van der Waals surface area contributed by atoms with Gasteiger partial charge in [-0.15, -0.1) is 0 Å². The summed E-state index contributed by atoms with van der Waals surface area (Å²) in [6.07, 6.45) is 0. The first-order valence-corrected chi connectivity index (χ1v) is 15.1. The van der Waals surface area contributed by atoms with E-state index < -0.39 is 6.04 Å². The lowest BCUT2D eigenvalue weighted by atomic mass is 9.84. The number of benzene rings is 9. The highest BCUT2D eigenvalue weighted by Crippen LogP contribution is 2.48. The molecule has 1 aromatic heterocycles. The van der Waals surface area contributed by atoms with Crippen molar-refractivity contribution in [1.82, 2.24) is 0 Å². The van der Waals surface area contributed by atoms with Crippen molar-refractivity contribution in [2.45, 2.75) is 0 Å². The maximum absolute atomic E-state index is 8.96. The van der Waals surface area contributed by atoms with Crippen molar-refractivity contribution >= 4 is 65.0 Å². The molecule has 1 heteroatoms. The Hall–Kier alpha value is -5.92. The van der Waals surface area contributed by atoms with E-state index in [0.717, 1.165) is 65.5 Å². The predicted molar refractivity (Wildman–Crippen MR) is 191 cm³/mol. The second-order valence-corrected chi connectivity index (χ2v) is 11.7. The summed E-state index contributed by atoms with van der Waals surface area (Å²) in [5.41, 5.74) is 6.11. The standard InChI is InChI=1S/C44H26O/c1-2-9-28(10-3-1)34-24-25-40-44(38-12-6-7-13-39(38)45-40)43(34)37-23-19-30-17-21-35-33(20-16-29-18-22-36(37)42(30)41(29)35)32-15-14-27-8-4-5-11-31(27)26-32/h1-26H/i1D,2D,3D,9D,10D. The molecule has 0 saturated carbocycles. The number of hydrogen-bond donors (Lipinski definition) is 0. The Kier molecular flexibility index (Phi) is 4.15. The molecule has 10 aromatic rings. The third-order valence-electron chi connectivity index (χ3n) is 9.31. The Morgan fingerprint density at radius 2 is 1.04 bits per heavy atom. The smallest absolute Gasteiger partial charge is 0.136 e. The van der Waals surface area contributed by atoms with Gasteiger partial charge in [-0.3, -0.25) is 0 Å². The largest absolute Gasteiger partial charge is 0.456 e. The molecule has 0 bridgehead atoms. The van der Waals surface area contributed by atoms with Crippen LogP contribution in [0.1, 0.15) is 6.85 Å². The summed E-state index contributed by atoms with van der Waals surface area (Å²) in [4.78, 5) is 0. The van der Waals surface area contributed by atoms with Crippen LogP contribution in [-0.2, 0) is 0 Å². The molecule has 0 saturated heterocycles. The van der Waals surface area contributed by atoms with Gasteiger partial charge in [0.25, 0.3) is 0 Å². The second kappa shape index (κ2) is 9.29. The quantitative estimate of drug-likeness (QED) is 0.191. The first-order chi connectivity index (χ1) is 24.4. The van der Waals surface area contributed by atoms with Crippen LogP contribution in [0.5, 0.6) is 0 Å². The van der Waals surface area contributed by atoms with Crippen molar-refractivity contribution in [2.75, 3.05) is 0 Å². The molecule has 0 atom stereocenters. The fraction of sp³-hybridized carbons (Fsp3) is 0. The van der Waals surface area contributed by atoms with Crippen molar-refractivity contribution in [3.05, 3.63) is 158 Å². The highest BCUT2D eigenvalue weighted by atomic mass is 16.3. The number of fused-ring (bicyclic) bond motifs is 4. The Morgan fingerprint density at radius 3 is 1.87 bits per heavy atom. The molecule has 0 fully saturated rings. The zero-order valence-corrected chi connectivity index (χ0v) is 24.0. The van der Waals surface area contributed by atoms with Crippen molar-refractivity contribution in [2.24, 2.45) is 0 Å². The zero-order valence-electron chi connectivity index (χ0n) is 29.0. The maximum Gasteiger partial charge on any atom is 0.136 e. The van der Waals surface area contributed by atoms with E-state index >= 15 is 0 Å². The predicted octanol–water partition coefficient (Wildman–Crippen LogP) is 12.6. The minimum Gasteiger partial charge on any atom is -0.456 e. The lowest BCUT2D eigenvalue weighted by Crippen LogP contribution is -1.92. The van der Waals surface area contributed by atoms with Crippen LogP contribution in [0.2, 0.25) is 0 Å². The van der Waals surface area contributed by atoms with E-state index in [2.05, 4.69) is 91.0 Å². The van der Waals surface area contributed by atoms with Crippen molar-refractivity contribution in [1.29, 1.82) is 0 Å². The monoisotopic (exact) mass is 575 g/mol. The summed E-state index contributed by atoms with van der Waals surface area (Å²) < 4.78 is 49.6. The molecule has 208 valence electrons. The van der Waals surface area contributed by atoms with Gasteiger partial charge in [0.15, 0.2) is 0 Å². The molecule has 0 aliphatic rings. The van der Waals surface area contributed by atoms with E-state index in [-0.39, 0.29) is 29.7 Å². The SMILES string of the molecule is [2H]c1c([2H])c([2H])c(-c2ccc3oc4ccccc4c3c2-c2ccc3ccc4c(-c5ccc6ccccc6c5)ccc5ccc2c3c54)c([2H])c1[2H]. The molecule has 9 aromatic carbocycles. The summed E-state index contributed by atoms with van der Waals surface area (Å²) >= 11 is 0. The topological polar surface area (TPSA) is 13.1 Å². The normalized spacial score (nSPS) is 13.6. The van der Waals surface area contributed by atoms with Gasteiger partial charge >= 0.3 is 0 Å². The molecule has 0 spiro atoms. The number of para-hydroxylation sites is 1. The summed E-state index contributed by atoms with van der Waals surface area (Å²) in [5, 5.41) is 10.8. The summed E-state index contributed by atoms with van der Waals surface area (Å²) in [6, 6.07) is 42.3. The molecule has 0 N–H and O–H groups in total. The van der Waals surface area contributed by atoms with Crippen LogP contribution in [-0.4, -0.2) is 0 Å². The lowest BCUT2D eigenvalue weighted by Gasteiger charge is -2.19. The molecular weight excluding hydrogens is 544 g/mol. The van der Waals surface area contributed by atoms with E-state index in [0.29, 0.717) is 11.1 Å². The van der Waals surface area contributed by atoms with Crippen LogP contribution in [0.25, 0.3) is 98.4 Å². The van der Waals surface area contributed by atoms with E-state index in [9.17, 15) is 0 Å². The molecule has 0 radical (unpaired) electrons. The van der Waals surface area contributed by atoms with E-state index in [1.807, 2.05) is 36.4 Å². The van der Waals surface area contributed by atoms with Crippen LogP contribution < -0.4 is 0 Å². The van der Waals surface area contributed by atoms with Gasteiger partial charge in [0.05, 0.1) is 6.85 Å². The minimum atomic E-state index is -0.412. The molecule has 45 heavy (non-hydrogen) atoms. The van der Waals surface area contributed by atoms with Crippen LogP contribution in [0.4, 0.5) is 0 Å². The fourth-order valence-electron chi connectivity index (χ4n) is 7.32. The van der Waals surface area contributed by atoms with Gasteiger partial charge in [0.1, 0.15) is 11.2 Å². The zero-order chi connectivity index (χ0) is 33.8. The molecule has 1 nitrogen and oxygen atoms in total. The third kappa shape index (κ3) is 3.56. The molecule has 1 heterocycles. The first kappa shape index (κ1) is 20.1. The average Bonchev–Trinajstić information content (AvgIpc) is 3.54. The van der Waals surface area contributed by atoms with Crippen LogP contribution >= 0.6 is 0 Å². The molecule has 0 aliphatic carbocycles. The summed E-state index contributed by atoms with van der Waals surface area (Å²) in [7, 11) is 0. The van der Waals surface area contributed by atoms with Crippen LogP contribution in [0, 0.1) is 0 Å². The summed E-state index contributed by atoms with van der Waals surface area (Å²) in [6.45, 7) is 0. The maximum atomic E-state index is 8.96. The molecule has 10 rings (SSSR count). The Morgan fingerprint density at radius 1 is 0.400 bits per heavy atom. The first-order valence-electron chi connectivity index (χ1n) is 17.6. The van der Waals surface area contributed by atoms with Gasteiger partial charge in [0, 0.05) is 16.3 Å². The fourth-order valence-corrected chi connectivity index (χ4v) is 7.32. The minimum absolute atomic E-state index is 0.169. The van der Waals surface area contributed by atoms with E-state index in [1.165, 1.54) is 16.2 Å². The number of rotatable bonds is 3. The van der Waals surface area contributed by atoms with Gasteiger partial charge in [-0.05, 0) is 89.1 Å². The highest BCUT2D eigenvalue weighted by molar-refractivity contribution is 6.29. The van der Waals surface area contributed by atoms with Gasteiger partial charge < -0.3 is 4.42 Å². The Labute approximate surface area is 266 Å². The average molecular weight is 576 g/mol. The van der Waals surface area contributed by atoms with Crippen molar-refractivity contribution in [3.8, 4) is 33.4 Å². The Bertz CT molecular complexity index is 3020. The van der Waals surface area contributed by atoms with Gasteiger partial charge in [0.2, 0.25) is 0 Å². The van der Waals surface area contributed by atoms with Gasteiger partial charge in [-0.25, -0.2) is 0 Å². The van der Waals surface area contributed by atoms with Crippen LogP contribution in [0.15, 0.2) is 162 Å². The van der Waals surface area contributed by atoms with Gasteiger partial charge in [-0.2, -0.15) is 0 Å². The number of hydrogen-bond acceptors (Lipinski definition) is 1. The lowest BCUT2D eigenvalue weighted by molar-refractivity contribution is 0.669. The van der Waals surface area contributed by atoms with E-state index in [1.54, 1.807) is 0 Å². The third-order valence-corrected chi connectivity index (χ3v) is 9.31. The molecular formula is C44H26O. The van der Waals surface area contributed by atoms with E-state index in [4.69, 9.17) is 11.3 Å². The van der Waals surface area contributed by atoms with Crippen molar-refractivity contribution < 1.29 is 11.3 Å². The summed E-state index contributed by atoms with van der Waals surface area (Å²) in [5.74, 6) is 0. The molecule has 0 amide bonds. The second-order valence-electron chi connectivity index (χ2n) is 11.7. The van der Waals surface area contributed by atoms with Crippen LogP contribution in [0.3, 0.4) is 0 Å². The highest BCUT2D eigenvalue weighted by Gasteiger charge is 2.21. The van der Waals surface area contributed by atoms with Crippen molar-refractivity contribution in [3.63, 3.8) is 0 Å². The van der Waals surface area contributed by atoms with Gasteiger partial charge in [-0.1, -0.05) is 139 Å².